The number of likely N-dealkylation sites (tertiary alicyclic amines) is 2. The first-order valence-corrected chi connectivity index (χ1v) is 12.0. The summed E-state index contributed by atoms with van der Waals surface area (Å²) in [6, 6.07) is 14.5. The molecule has 0 radical (unpaired) electrons. The average molecular weight is 462 g/mol. The molecule has 1 unspecified atom stereocenters. The lowest BCUT2D eigenvalue weighted by Crippen LogP contribution is -2.78. The first-order valence-electron chi connectivity index (χ1n) is 12.0. The fourth-order valence-electron chi connectivity index (χ4n) is 5.97. The normalized spacial score (nSPS) is 21.0. The number of carbonyl (C=O) groups is 3. The second-order valence-electron chi connectivity index (χ2n) is 9.82. The fraction of sp³-hybridized carbons (Fsp3) is 0.444. The zero-order valence-electron chi connectivity index (χ0n) is 20.0. The summed E-state index contributed by atoms with van der Waals surface area (Å²) in [5, 5.41) is 0. The van der Waals surface area contributed by atoms with Crippen molar-refractivity contribution in [3.8, 4) is 5.75 Å². The molecule has 0 saturated carbocycles. The minimum Gasteiger partial charge on any atom is -0.497 e. The third-order valence-electron chi connectivity index (χ3n) is 7.45. The Hall–Kier alpha value is -3.35. The van der Waals surface area contributed by atoms with E-state index in [1.54, 1.807) is 36.3 Å². The largest absolute Gasteiger partial charge is 0.497 e. The minimum absolute atomic E-state index is 0.0652. The van der Waals surface area contributed by atoms with Gasteiger partial charge in [-0.2, -0.15) is 0 Å². The van der Waals surface area contributed by atoms with Crippen molar-refractivity contribution >= 4 is 17.7 Å². The smallest absolute Gasteiger partial charge is 0.255 e. The molecule has 3 aliphatic rings. The van der Waals surface area contributed by atoms with Gasteiger partial charge < -0.3 is 19.4 Å². The SMILES string of the molecule is COc1cccc(C(=O)N2CC3(C2)C(C(=O)N2CCCC2)c2ccccc2C(=O)N3C(C)C)c1. The quantitative estimate of drug-likeness (QED) is 0.701. The number of benzene rings is 2. The molecule has 2 saturated heterocycles. The molecule has 3 aliphatic heterocycles. The van der Waals surface area contributed by atoms with Crippen LogP contribution < -0.4 is 4.74 Å². The molecule has 178 valence electrons. The highest BCUT2D eigenvalue weighted by molar-refractivity contribution is 6.03. The van der Waals surface area contributed by atoms with E-state index in [0.29, 0.717) is 30.0 Å². The number of rotatable bonds is 4. The van der Waals surface area contributed by atoms with Crippen LogP contribution >= 0.6 is 0 Å². The molecule has 0 bridgehead atoms. The minimum atomic E-state index is -0.756. The molecule has 7 heteroatoms. The van der Waals surface area contributed by atoms with Crippen molar-refractivity contribution in [2.45, 2.75) is 44.2 Å². The lowest BCUT2D eigenvalue weighted by atomic mass is 9.67. The van der Waals surface area contributed by atoms with Crippen LogP contribution in [0.15, 0.2) is 48.5 Å². The molecule has 0 aromatic heterocycles. The van der Waals surface area contributed by atoms with Crippen molar-refractivity contribution in [2.24, 2.45) is 0 Å². The van der Waals surface area contributed by atoms with Crippen molar-refractivity contribution in [3.63, 3.8) is 0 Å². The van der Waals surface area contributed by atoms with E-state index in [4.69, 9.17) is 4.74 Å². The van der Waals surface area contributed by atoms with Gasteiger partial charge >= 0.3 is 0 Å². The summed E-state index contributed by atoms with van der Waals surface area (Å²) in [5.74, 6) is 0.0121. The molecule has 1 atom stereocenters. The third kappa shape index (κ3) is 3.37. The molecule has 7 nitrogen and oxygen atoms in total. The summed E-state index contributed by atoms with van der Waals surface area (Å²) in [6.07, 6.45) is 2.00. The van der Waals surface area contributed by atoms with Crippen molar-refractivity contribution in [1.82, 2.24) is 14.7 Å². The number of nitrogens with zero attached hydrogens (tertiary/aromatic N) is 3. The summed E-state index contributed by atoms with van der Waals surface area (Å²) < 4.78 is 5.28. The molecule has 3 amide bonds. The summed E-state index contributed by atoms with van der Waals surface area (Å²) in [6.45, 7) is 6.11. The predicted molar refractivity (Wildman–Crippen MR) is 128 cm³/mol. The maximum atomic E-state index is 13.9. The Morgan fingerprint density at radius 2 is 1.71 bits per heavy atom. The lowest BCUT2D eigenvalue weighted by molar-refractivity contribution is -0.141. The maximum absolute atomic E-state index is 13.9. The second kappa shape index (κ2) is 8.46. The summed E-state index contributed by atoms with van der Waals surface area (Å²) in [7, 11) is 1.57. The molecule has 5 rings (SSSR count). The van der Waals surface area contributed by atoms with Gasteiger partial charge in [0.25, 0.3) is 11.8 Å². The van der Waals surface area contributed by atoms with Gasteiger partial charge in [-0.15, -0.1) is 0 Å². The number of fused-ring (bicyclic) bond motifs is 1. The second-order valence-corrected chi connectivity index (χ2v) is 9.82. The molecule has 2 aromatic rings. The number of hydrogen-bond acceptors (Lipinski definition) is 4. The Balaban J connectivity index is 1.54. The van der Waals surface area contributed by atoms with E-state index in [2.05, 4.69) is 0 Å². The first kappa shape index (κ1) is 22.4. The monoisotopic (exact) mass is 461 g/mol. The van der Waals surface area contributed by atoms with Crippen LogP contribution in [0.3, 0.4) is 0 Å². The topological polar surface area (TPSA) is 70.2 Å². The highest BCUT2D eigenvalue weighted by atomic mass is 16.5. The van der Waals surface area contributed by atoms with Crippen LogP contribution in [0.2, 0.25) is 0 Å². The first-order chi connectivity index (χ1) is 16.4. The standard InChI is InChI=1S/C27H31N3O4/c1-18(2)30-25(32)22-12-5-4-11-21(22)23(26(33)28-13-6-7-14-28)27(30)16-29(17-27)24(31)19-9-8-10-20(15-19)34-3/h4-5,8-12,15,18,23H,6-7,13-14,16-17H2,1-3H3. The third-order valence-corrected chi connectivity index (χ3v) is 7.45. The maximum Gasteiger partial charge on any atom is 0.255 e. The van der Waals surface area contributed by atoms with Crippen LogP contribution in [0.25, 0.3) is 0 Å². The van der Waals surface area contributed by atoms with Crippen molar-refractivity contribution in [1.29, 1.82) is 0 Å². The number of methoxy groups -OCH3 is 1. The molecule has 0 N–H and O–H groups in total. The summed E-state index contributed by atoms with van der Waals surface area (Å²) in [4.78, 5) is 46.5. The molecule has 1 spiro atoms. The lowest BCUT2D eigenvalue weighted by Gasteiger charge is -2.62. The van der Waals surface area contributed by atoms with Gasteiger partial charge in [-0.05, 0) is 56.5 Å². The number of hydrogen-bond donors (Lipinski definition) is 0. The van der Waals surface area contributed by atoms with Gasteiger partial charge in [-0.3, -0.25) is 14.4 Å². The Morgan fingerprint density at radius 1 is 1.00 bits per heavy atom. The molecule has 3 heterocycles. The van der Waals surface area contributed by atoms with Gasteiger partial charge in [0.2, 0.25) is 5.91 Å². The van der Waals surface area contributed by atoms with E-state index in [1.807, 2.05) is 47.9 Å². The van der Waals surface area contributed by atoms with Gasteiger partial charge in [-0.25, -0.2) is 0 Å². The molecular formula is C27H31N3O4. The van der Waals surface area contributed by atoms with Crippen LogP contribution in [0.4, 0.5) is 0 Å². The van der Waals surface area contributed by atoms with Crippen LogP contribution in [-0.4, -0.2) is 77.3 Å². The Bertz CT molecular complexity index is 1130. The summed E-state index contributed by atoms with van der Waals surface area (Å²) in [5.41, 5.74) is 1.16. The predicted octanol–water partition coefficient (Wildman–Crippen LogP) is 3.16. The van der Waals surface area contributed by atoms with E-state index >= 15 is 0 Å². The van der Waals surface area contributed by atoms with E-state index in [1.165, 1.54) is 0 Å². The summed E-state index contributed by atoms with van der Waals surface area (Å²) >= 11 is 0. The fourth-order valence-corrected chi connectivity index (χ4v) is 5.97. The van der Waals surface area contributed by atoms with Crippen LogP contribution in [0.1, 0.15) is 58.9 Å². The highest BCUT2D eigenvalue weighted by Gasteiger charge is 2.62. The van der Waals surface area contributed by atoms with Gasteiger partial charge in [0.15, 0.2) is 0 Å². The average Bonchev–Trinajstić information content (AvgIpc) is 3.36. The number of ether oxygens (including phenoxy) is 1. The Labute approximate surface area is 200 Å². The van der Waals surface area contributed by atoms with Crippen molar-refractivity contribution in [3.05, 3.63) is 65.2 Å². The van der Waals surface area contributed by atoms with E-state index < -0.39 is 11.5 Å². The van der Waals surface area contributed by atoms with Gasteiger partial charge in [0.05, 0.1) is 18.6 Å². The Kier molecular flexibility index (Phi) is 5.58. The highest BCUT2D eigenvalue weighted by Crippen LogP contribution is 2.48. The number of carbonyl (C=O) groups excluding carboxylic acids is 3. The Morgan fingerprint density at radius 3 is 2.38 bits per heavy atom. The molecular weight excluding hydrogens is 430 g/mol. The number of amides is 3. The van der Waals surface area contributed by atoms with Crippen molar-refractivity contribution < 1.29 is 19.1 Å². The zero-order valence-corrected chi connectivity index (χ0v) is 20.0. The van der Waals surface area contributed by atoms with Gasteiger partial charge in [0.1, 0.15) is 5.75 Å². The van der Waals surface area contributed by atoms with Crippen molar-refractivity contribution in [2.75, 3.05) is 33.3 Å². The molecule has 0 aliphatic carbocycles. The van der Waals surface area contributed by atoms with E-state index in [9.17, 15) is 14.4 Å². The van der Waals surface area contributed by atoms with E-state index in [-0.39, 0.29) is 23.8 Å². The molecule has 34 heavy (non-hydrogen) atoms. The van der Waals surface area contributed by atoms with Gasteiger partial charge in [-0.1, -0.05) is 24.3 Å². The molecule has 2 fully saturated rings. The van der Waals surface area contributed by atoms with Crippen LogP contribution in [0, 0.1) is 0 Å². The zero-order chi connectivity index (χ0) is 24.0. The van der Waals surface area contributed by atoms with Crippen LogP contribution in [-0.2, 0) is 4.79 Å². The van der Waals surface area contributed by atoms with Gasteiger partial charge in [0, 0.05) is 43.3 Å². The molecule has 2 aromatic carbocycles. The van der Waals surface area contributed by atoms with E-state index in [0.717, 1.165) is 31.5 Å². The van der Waals surface area contributed by atoms with Crippen LogP contribution in [0.5, 0.6) is 5.75 Å².